The first-order valence-electron chi connectivity index (χ1n) is 8.98. The van der Waals surface area contributed by atoms with Crippen LogP contribution in [0.1, 0.15) is 6.92 Å². The van der Waals surface area contributed by atoms with Crippen molar-refractivity contribution in [3.05, 3.63) is 17.5 Å². The van der Waals surface area contributed by atoms with Crippen LogP contribution in [0.3, 0.4) is 0 Å². The highest BCUT2D eigenvalue weighted by atomic mass is 32.2. The van der Waals surface area contributed by atoms with E-state index in [4.69, 9.17) is 4.99 Å². The molecule has 2 fully saturated rings. The largest absolute Gasteiger partial charge is 0.360 e. The van der Waals surface area contributed by atoms with E-state index in [1.807, 2.05) is 11.3 Å². The van der Waals surface area contributed by atoms with Crippen molar-refractivity contribution in [2.45, 2.75) is 6.92 Å². The van der Waals surface area contributed by atoms with Crippen LogP contribution in [0.2, 0.25) is 0 Å². The van der Waals surface area contributed by atoms with Crippen LogP contribution in [0, 0.1) is 0 Å². The topological polar surface area (TPSA) is 34.1 Å². The van der Waals surface area contributed by atoms with E-state index in [9.17, 15) is 0 Å². The lowest BCUT2D eigenvalue weighted by atomic mass is 10.3. The van der Waals surface area contributed by atoms with Crippen molar-refractivity contribution >= 4 is 34.1 Å². The van der Waals surface area contributed by atoms with Crippen molar-refractivity contribution in [1.82, 2.24) is 15.1 Å². The number of hydrogen-bond donors (Lipinski definition) is 1. The number of aliphatic imine (C=N–C) groups is 1. The minimum absolute atomic E-state index is 0.901. The molecule has 1 aromatic rings. The number of thiophene rings is 1. The second-order valence-electron chi connectivity index (χ2n) is 6.12. The minimum atomic E-state index is 0.901. The van der Waals surface area contributed by atoms with Crippen LogP contribution < -0.4 is 10.2 Å². The summed E-state index contributed by atoms with van der Waals surface area (Å²) in [5, 5.41) is 7.02. The summed E-state index contributed by atoms with van der Waals surface area (Å²) >= 11 is 3.90. The Morgan fingerprint density at radius 2 is 1.96 bits per heavy atom. The van der Waals surface area contributed by atoms with Gasteiger partial charge in [-0.05, 0) is 24.4 Å². The van der Waals surface area contributed by atoms with E-state index in [0.29, 0.717) is 0 Å². The second kappa shape index (κ2) is 9.53. The zero-order valence-electron chi connectivity index (χ0n) is 14.6. The minimum Gasteiger partial charge on any atom is -0.360 e. The summed E-state index contributed by atoms with van der Waals surface area (Å²) in [4.78, 5) is 12.3. The lowest BCUT2D eigenvalue weighted by molar-refractivity contribution is 0.310. The fraction of sp³-hybridized carbons (Fsp3) is 0.706. The molecule has 0 spiro atoms. The van der Waals surface area contributed by atoms with E-state index in [0.717, 1.165) is 51.8 Å². The van der Waals surface area contributed by atoms with Gasteiger partial charge in [0, 0.05) is 63.9 Å². The van der Waals surface area contributed by atoms with Crippen molar-refractivity contribution in [3.63, 3.8) is 0 Å². The molecule has 1 N–H and O–H groups in total. The Morgan fingerprint density at radius 3 is 2.62 bits per heavy atom. The maximum atomic E-state index is 4.89. The zero-order valence-corrected chi connectivity index (χ0v) is 16.2. The van der Waals surface area contributed by atoms with Gasteiger partial charge in [-0.1, -0.05) is 0 Å². The van der Waals surface area contributed by atoms with Crippen LogP contribution in [0.15, 0.2) is 22.5 Å². The van der Waals surface area contributed by atoms with Crippen molar-refractivity contribution in [2.24, 2.45) is 4.99 Å². The maximum absolute atomic E-state index is 4.89. The van der Waals surface area contributed by atoms with Gasteiger partial charge in [-0.3, -0.25) is 9.89 Å². The van der Waals surface area contributed by atoms with Crippen molar-refractivity contribution in [1.29, 1.82) is 0 Å². The molecular weight excluding hydrogens is 338 g/mol. The maximum Gasteiger partial charge on any atom is 0.194 e. The summed E-state index contributed by atoms with van der Waals surface area (Å²) < 4.78 is 0. The summed E-state index contributed by atoms with van der Waals surface area (Å²) in [5.41, 5.74) is 0. The van der Waals surface area contributed by atoms with Gasteiger partial charge < -0.3 is 15.1 Å². The smallest absolute Gasteiger partial charge is 0.194 e. The van der Waals surface area contributed by atoms with Crippen molar-refractivity contribution < 1.29 is 0 Å². The number of anilines is 1. The normalized spacial score (nSPS) is 20.5. The van der Waals surface area contributed by atoms with Gasteiger partial charge in [0.2, 0.25) is 0 Å². The highest BCUT2D eigenvalue weighted by Crippen LogP contribution is 2.22. The van der Waals surface area contributed by atoms with Gasteiger partial charge in [-0.15, -0.1) is 11.3 Å². The standard InChI is InChI=1S/C17H29N5S2/c1-2-18-17(19-5-6-20-11-14-23-15-12-20)22-9-7-21(8-10-22)16-4-3-13-24-16/h3-4,13H,2,5-12,14-15H2,1H3,(H,18,19). The van der Waals surface area contributed by atoms with Crippen LogP contribution in [0.4, 0.5) is 5.00 Å². The Labute approximate surface area is 154 Å². The van der Waals surface area contributed by atoms with Gasteiger partial charge >= 0.3 is 0 Å². The summed E-state index contributed by atoms with van der Waals surface area (Å²) in [6.45, 7) is 11.8. The Balaban J connectivity index is 1.48. The number of guanidine groups is 1. The Kier molecular flexibility index (Phi) is 7.11. The lowest BCUT2D eigenvalue weighted by Crippen LogP contribution is -2.52. The third kappa shape index (κ3) is 5.04. The molecular formula is C17H29N5S2. The highest BCUT2D eigenvalue weighted by Gasteiger charge is 2.20. The molecule has 1 aromatic heterocycles. The molecule has 0 unspecified atom stereocenters. The number of piperazine rings is 1. The third-order valence-corrected chi connectivity index (χ3v) is 6.38. The van der Waals surface area contributed by atoms with Gasteiger partial charge in [0.05, 0.1) is 11.5 Å². The molecule has 0 radical (unpaired) electrons. The fourth-order valence-corrected chi connectivity index (χ4v) is 4.90. The van der Waals surface area contributed by atoms with Gasteiger partial charge in [0.25, 0.3) is 0 Å². The first-order chi connectivity index (χ1) is 11.9. The monoisotopic (exact) mass is 367 g/mol. The molecule has 2 aliphatic rings. The van der Waals surface area contributed by atoms with E-state index in [-0.39, 0.29) is 0 Å². The van der Waals surface area contributed by atoms with E-state index in [1.54, 1.807) is 0 Å². The zero-order chi connectivity index (χ0) is 16.6. The molecule has 3 rings (SSSR count). The molecule has 0 atom stereocenters. The van der Waals surface area contributed by atoms with Crippen LogP contribution in [-0.2, 0) is 0 Å². The fourth-order valence-electron chi connectivity index (χ4n) is 3.14. The van der Waals surface area contributed by atoms with Crippen LogP contribution in [-0.4, -0.2) is 86.2 Å². The first kappa shape index (κ1) is 17.9. The van der Waals surface area contributed by atoms with E-state index in [2.05, 4.69) is 56.2 Å². The predicted octanol–water partition coefficient (Wildman–Crippen LogP) is 1.88. The van der Waals surface area contributed by atoms with Gasteiger partial charge in [0.1, 0.15) is 0 Å². The van der Waals surface area contributed by atoms with Crippen LogP contribution in [0.5, 0.6) is 0 Å². The van der Waals surface area contributed by atoms with Crippen LogP contribution >= 0.6 is 23.1 Å². The second-order valence-corrected chi connectivity index (χ2v) is 8.27. The van der Waals surface area contributed by atoms with Gasteiger partial charge in [-0.25, -0.2) is 0 Å². The molecule has 24 heavy (non-hydrogen) atoms. The Bertz CT molecular complexity index is 491. The Morgan fingerprint density at radius 1 is 1.17 bits per heavy atom. The van der Waals surface area contributed by atoms with Crippen molar-refractivity contribution in [2.75, 3.05) is 75.3 Å². The molecule has 0 aromatic carbocycles. The molecule has 0 bridgehead atoms. The molecule has 7 heteroatoms. The number of thioether (sulfide) groups is 1. The average Bonchev–Trinajstić information content (AvgIpc) is 3.17. The SMILES string of the molecule is CCNC(=NCCN1CCSCC1)N1CCN(c2cccs2)CC1. The van der Waals surface area contributed by atoms with E-state index < -0.39 is 0 Å². The summed E-state index contributed by atoms with van der Waals surface area (Å²) in [5.74, 6) is 3.64. The van der Waals surface area contributed by atoms with Gasteiger partial charge in [-0.2, -0.15) is 11.8 Å². The molecule has 134 valence electrons. The molecule has 2 saturated heterocycles. The quantitative estimate of drug-likeness (QED) is 0.635. The number of hydrogen-bond acceptors (Lipinski definition) is 5. The van der Waals surface area contributed by atoms with E-state index in [1.165, 1.54) is 29.6 Å². The average molecular weight is 368 g/mol. The summed E-state index contributed by atoms with van der Waals surface area (Å²) in [7, 11) is 0. The van der Waals surface area contributed by atoms with Gasteiger partial charge in [0.15, 0.2) is 5.96 Å². The van der Waals surface area contributed by atoms with E-state index >= 15 is 0 Å². The lowest BCUT2D eigenvalue weighted by Gasteiger charge is -2.37. The summed E-state index contributed by atoms with van der Waals surface area (Å²) in [6, 6.07) is 4.35. The predicted molar refractivity (Wildman–Crippen MR) is 108 cm³/mol. The van der Waals surface area contributed by atoms with Crippen molar-refractivity contribution in [3.8, 4) is 0 Å². The number of nitrogens with zero attached hydrogens (tertiary/aromatic N) is 4. The molecule has 5 nitrogen and oxygen atoms in total. The molecule has 0 aliphatic carbocycles. The number of rotatable bonds is 5. The number of nitrogens with one attached hydrogen (secondary N) is 1. The first-order valence-corrected chi connectivity index (χ1v) is 11.0. The summed E-state index contributed by atoms with van der Waals surface area (Å²) in [6.07, 6.45) is 0. The Hall–Kier alpha value is -0.920. The third-order valence-electron chi connectivity index (χ3n) is 4.51. The molecule has 2 aliphatic heterocycles. The molecule has 0 saturated carbocycles. The van der Waals surface area contributed by atoms with Crippen LogP contribution in [0.25, 0.3) is 0 Å². The highest BCUT2D eigenvalue weighted by molar-refractivity contribution is 7.99. The molecule has 0 amide bonds. The molecule has 3 heterocycles.